The van der Waals surface area contributed by atoms with Gasteiger partial charge in [-0.05, 0) is 25.0 Å². The van der Waals surface area contributed by atoms with Gasteiger partial charge < -0.3 is 9.67 Å². The molecule has 0 radical (unpaired) electrons. The van der Waals surface area contributed by atoms with Crippen molar-refractivity contribution >= 4 is 9.84 Å². The monoisotopic (exact) mass is 295 g/mol. The molecule has 6 nitrogen and oxygen atoms in total. The van der Waals surface area contributed by atoms with Crippen LogP contribution in [-0.2, 0) is 16.4 Å². The molecule has 3 rings (SSSR count). The quantitative estimate of drug-likeness (QED) is 0.900. The summed E-state index contributed by atoms with van der Waals surface area (Å²) in [5.74, 6) is 0.102. The molecule has 0 aromatic carbocycles. The van der Waals surface area contributed by atoms with Gasteiger partial charge in [-0.1, -0.05) is 0 Å². The van der Waals surface area contributed by atoms with Crippen LogP contribution in [0.15, 0.2) is 36.9 Å². The zero-order valence-electron chi connectivity index (χ0n) is 11.0. The average Bonchev–Trinajstić information content (AvgIpc) is 3.04. The SMILES string of the molecule is O=S1(=O)CCC(O)(Cn2cc(-n3cccc3)cn2)CC1. The molecule has 1 N–H and O–H groups in total. The third kappa shape index (κ3) is 2.78. The van der Waals surface area contributed by atoms with Crippen LogP contribution in [0, 0.1) is 0 Å². The van der Waals surface area contributed by atoms with Crippen LogP contribution in [-0.4, -0.2) is 45.0 Å². The highest BCUT2D eigenvalue weighted by Crippen LogP contribution is 2.25. The van der Waals surface area contributed by atoms with Gasteiger partial charge in [0.1, 0.15) is 0 Å². The van der Waals surface area contributed by atoms with Crippen molar-refractivity contribution in [1.82, 2.24) is 14.3 Å². The Hall–Kier alpha value is -1.60. The lowest BCUT2D eigenvalue weighted by molar-refractivity contribution is 0.0101. The predicted molar refractivity (Wildman–Crippen MR) is 74.4 cm³/mol. The molecule has 2 aromatic rings. The maximum atomic E-state index is 11.4. The minimum absolute atomic E-state index is 0.0508. The van der Waals surface area contributed by atoms with Crippen LogP contribution in [0.5, 0.6) is 0 Å². The number of hydrogen-bond acceptors (Lipinski definition) is 4. The summed E-state index contributed by atoms with van der Waals surface area (Å²) in [6, 6.07) is 3.85. The lowest BCUT2D eigenvalue weighted by Gasteiger charge is -2.31. The van der Waals surface area contributed by atoms with E-state index in [0.717, 1.165) is 5.69 Å². The first-order valence-electron chi connectivity index (χ1n) is 6.54. The number of hydrogen-bond donors (Lipinski definition) is 1. The lowest BCUT2D eigenvalue weighted by atomic mass is 9.97. The van der Waals surface area contributed by atoms with E-state index in [1.54, 1.807) is 10.9 Å². The van der Waals surface area contributed by atoms with E-state index < -0.39 is 15.4 Å². The molecule has 0 unspecified atom stereocenters. The van der Waals surface area contributed by atoms with Gasteiger partial charge in [0.05, 0.1) is 35.5 Å². The zero-order chi connectivity index (χ0) is 14.2. The summed E-state index contributed by atoms with van der Waals surface area (Å²) in [7, 11) is -2.97. The molecule has 0 atom stereocenters. The van der Waals surface area contributed by atoms with Gasteiger partial charge in [0, 0.05) is 18.6 Å². The van der Waals surface area contributed by atoms with Crippen LogP contribution in [0.1, 0.15) is 12.8 Å². The fourth-order valence-electron chi connectivity index (χ4n) is 2.46. The van der Waals surface area contributed by atoms with Crippen molar-refractivity contribution in [3.05, 3.63) is 36.9 Å². The normalized spacial score (nSPS) is 20.9. The third-order valence-corrected chi connectivity index (χ3v) is 5.39. The fourth-order valence-corrected chi connectivity index (χ4v) is 4.04. The van der Waals surface area contributed by atoms with E-state index >= 15 is 0 Å². The Morgan fingerprint density at radius 2 is 1.90 bits per heavy atom. The summed E-state index contributed by atoms with van der Waals surface area (Å²) < 4.78 is 26.4. The van der Waals surface area contributed by atoms with Gasteiger partial charge in [0.15, 0.2) is 9.84 Å². The van der Waals surface area contributed by atoms with E-state index in [-0.39, 0.29) is 24.3 Å². The number of nitrogens with zero attached hydrogens (tertiary/aromatic N) is 3. The molecule has 7 heteroatoms. The van der Waals surface area contributed by atoms with Gasteiger partial charge in [-0.15, -0.1) is 0 Å². The molecule has 1 aliphatic rings. The molecule has 20 heavy (non-hydrogen) atoms. The maximum absolute atomic E-state index is 11.4. The Bertz CT molecular complexity index is 674. The van der Waals surface area contributed by atoms with E-state index in [1.165, 1.54) is 0 Å². The van der Waals surface area contributed by atoms with E-state index in [2.05, 4.69) is 5.10 Å². The molecule has 0 aliphatic carbocycles. The largest absolute Gasteiger partial charge is 0.388 e. The second-order valence-corrected chi connectivity index (χ2v) is 7.67. The van der Waals surface area contributed by atoms with Gasteiger partial charge in [-0.2, -0.15) is 5.10 Å². The van der Waals surface area contributed by atoms with E-state index in [0.29, 0.717) is 6.54 Å². The van der Waals surface area contributed by atoms with Crippen molar-refractivity contribution in [2.75, 3.05) is 11.5 Å². The number of rotatable bonds is 3. The first-order chi connectivity index (χ1) is 9.46. The minimum atomic E-state index is -2.97. The Kier molecular flexibility index (Phi) is 3.18. The molecule has 2 aromatic heterocycles. The number of sulfone groups is 1. The van der Waals surface area contributed by atoms with Crippen LogP contribution < -0.4 is 0 Å². The summed E-state index contributed by atoms with van der Waals surface area (Å²) in [6.07, 6.45) is 7.96. The van der Waals surface area contributed by atoms with Gasteiger partial charge in [0.2, 0.25) is 0 Å². The minimum Gasteiger partial charge on any atom is -0.388 e. The van der Waals surface area contributed by atoms with Crippen molar-refractivity contribution in [3.8, 4) is 5.69 Å². The standard InChI is InChI=1S/C13H17N3O3S/c17-13(3-7-20(18,19)8-4-13)11-16-10-12(9-14-16)15-5-1-2-6-15/h1-2,5-6,9-10,17H,3-4,7-8,11H2. The van der Waals surface area contributed by atoms with Crippen LogP contribution in [0.4, 0.5) is 0 Å². The average molecular weight is 295 g/mol. The second kappa shape index (κ2) is 4.75. The summed E-state index contributed by atoms with van der Waals surface area (Å²) in [4.78, 5) is 0. The summed E-state index contributed by atoms with van der Waals surface area (Å²) >= 11 is 0. The number of aromatic nitrogens is 3. The van der Waals surface area contributed by atoms with Gasteiger partial charge >= 0.3 is 0 Å². The van der Waals surface area contributed by atoms with Crippen LogP contribution in [0.2, 0.25) is 0 Å². The molecule has 108 valence electrons. The first kappa shape index (κ1) is 13.4. The highest BCUT2D eigenvalue weighted by molar-refractivity contribution is 7.91. The highest BCUT2D eigenvalue weighted by Gasteiger charge is 2.35. The van der Waals surface area contributed by atoms with Gasteiger partial charge in [-0.25, -0.2) is 8.42 Å². The summed E-state index contributed by atoms with van der Waals surface area (Å²) in [5.41, 5.74) is -0.0623. The molecular weight excluding hydrogens is 278 g/mol. The highest BCUT2D eigenvalue weighted by atomic mass is 32.2. The van der Waals surface area contributed by atoms with Gasteiger partial charge in [0.25, 0.3) is 0 Å². The molecule has 0 bridgehead atoms. The lowest BCUT2D eigenvalue weighted by Crippen LogP contribution is -2.42. The Morgan fingerprint density at radius 1 is 1.25 bits per heavy atom. The van der Waals surface area contributed by atoms with Crippen LogP contribution >= 0.6 is 0 Å². The fraction of sp³-hybridized carbons (Fsp3) is 0.462. The second-order valence-electron chi connectivity index (χ2n) is 5.36. The van der Waals surface area contributed by atoms with Crippen LogP contribution in [0.25, 0.3) is 5.69 Å². The van der Waals surface area contributed by atoms with Gasteiger partial charge in [-0.3, -0.25) is 4.68 Å². The summed E-state index contributed by atoms with van der Waals surface area (Å²) in [5, 5.41) is 14.7. The van der Waals surface area contributed by atoms with Crippen molar-refractivity contribution in [3.63, 3.8) is 0 Å². The molecule has 3 heterocycles. The first-order valence-corrected chi connectivity index (χ1v) is 8.37. The van der Waals surface area contributed by atoms with E-state index in [1.807, 2.05) is 35.3 Å². The predicted octanol–water partition coefficient (Wildman–Crippen LogP) is 0.613. The summed E-state index contributed by atoms with van der Waals surface area (Å²) in [6.45, 7) is 0.323. The molecule has 1 fully saturated rings. The Balaban J connectivity index is 1.72. The smallest absolute Gasteiger partial charge is 0.150 e. The van der Waals surface area contributed by atoms with E-state index in [9.17, 15) is 13.5 Å². The maximum Gasteiger partial charge on any atom is 0.150 e. The molecule has 1 saturated heterocycles. The van der Waals surface area contributed by atoms with Crippen molar-refractivity contribution < 1.29 is 13.5 Å². The van der Waals surface area contributed by atoms with Crippen molar-refractivity contribution in [2.24, 2.45) is 0 Å². The third-order valence-electron chi connectivity index (χ3n) is 3.74. The van der Waals surface area contributed by atoms with Crippen LogP contribution in [0.3, 0.4) is 0 Å². The number of aliphatic hydroxyl groups is 1. The molecule has 0 saturated carbocycles. The van der Waals surface area contributed by atoms with E-state index in [4.69, 9.17) is 0 Å². The molecule has 0 spiro atoms. The topological polar surface area (TPSA) is 77.1 Å². The Labute approximate surface area is 117 Å². The van der Waals surface area contributed by atoms with Crippen molar-refractivity contribution in [2.45, 2.75) is 25.0 Å². The molecule has 1 aliphatic heterocycles. The molecular formula is C13H17N3O3S. The molecule has 0 amide bonds. The zero-order valence-corrected chi connectivity index (χ0v) is 11.8. The Morgan fingerprint density at radius 3 is 2.55 bits per heavy atom. The van der Waals surface area contributed by atoms with Crippen molar-refractivity contribution in [1.29, 1.82) is 0 Å².